The van der Waals surface area contributed by atoms with Crippen molar-refractivity contribution in [1.29, 1.82) is 0 Å². The van der Waals surface area contributed by atoms with Gasteiger partial charge in [-0.15, -0.1) is 0 Å². The Morgan fingerprint density at radius 1 is 1.64 bits per heavy atom. The summed E-state index contributed by atoms with van der Waals surface area (Å²) in [6.45, 7) is 2.13. The van der Waals surface area contributed by atoms with Crippen molar-refractivity contribution in [3.05, 3.63) is 12.2 Å². The minimum atomic E-state index is 0.0272. The molecule has 0 aliphatic heterocycles. The molecule has 1 unspecified atom stereocenters. The number of aldehydes is 1. The van der Waals surface area contributed by atoms with Crippen LogP contribution in [0, 0.1) is 17.3 Å². The van der Waals surface area contributed by atoms with Gasteiger partial charge in [0.15, 0.2) is 0 Å². The molecule has 0 radical (unpaired) electrons. The van der Waals surface area contributed by atoms with E-state index in [9.17, 15) is 4.79 Å². The average molecular weight is 150 g/mol. The monoisotopic (exact) mass is 150 g/mol. The van der Waals surface area contributed by atoms with Crippen LogP contribution in [0.5, 0.6) is 0 Å². The largest absolute Gasteiger partial charge is 0.303 e. The van der Waals surface area contributed by atoms with Crippen LogP contribution in [0.4, 0.5) is 0 Å². The van der Waals surface area contributed by atoms with E-state index in [0.717, 1.165) is 12.8 Å². The third-order valence-corrected chi connectivity index (χ3v) is 3.45. The van der Waals surface area contributed by atoms with Gasteiger partial charge in [-0.3, -0.25) is 0 Å². The molecular weight excluding hydrogens is 136 g/mol. The molecule has 11 heavy (non-hydrogen) atoms. The third-order valence-electron chi connectivity index (χ3n) is 3.45. The molecule has 1 heteroatoms. The van der Waals surface area contributed by atoms with E-state index in [4.69, 9.17) is 0 Å². The van der Waals surface area contributed by atoms with Crippen LogP contribution in [0.3, 0.4) is 0 Å². The average Bonchev–Trinajstić information content (AvgIpc) is 2.62. The second kappa shape index (κ2) is 2.20. The van der Waals surface area contributed by atoms with E-state index in [-0.39, 0.29) is 5.41 Å². The summed E-state index contributed by atoms with van der Waals surface area (Å²) < 4.78 is 0. The molecule has 3 atom stereocenters. The van der Waals surface area contributed by atoms with E-state index in [1.807, 2.05) is 0 Å². The molecule has 2 aliphatic rings. The van der Waals surface area contributed by atoms with Crippen molar-refractivity contribution in [1.82, 2.24) is 0 Å². The maximum atomic E-state index is 10.9. The molecule has 2 aliphatic carbocycles. The highest BCUT2D eigenvalue weighted by molar-refractivity contribution is 5.62. The van der Waals surface area contributed by atoms with Gasteiger partial charge in [0, 0.05) is 5.41 Å². The van der Waals surface area contributed by atoms with E-state index in [0.29, 0.717) is 11.8 Å². The number of fused-ring (bicyclic) bond motifs is 2. The molecule has 0 N–H and O–H groups in total. The van der Waals surface area contributed by atoms with Gasteiger partial charge < -0.3 is 4.79 Å². The summed E-state index contributed by atoms with van der Waals surface area (Å²) in [7, 11) is 0. The molecule has 2 bridgehead atoms. The lowest BCUT2D eigenvalue weighted by Crippen LogP contribution is -2.26. The van der Waals surface area contributed by atoms with E-state index >= 15 is 0 Å². The minimum Gasteiger partial charge on any atom is -0.303 e. The molecule has 0 saturated heterocycles. The second-order valence-electron chi connectivity index (χ2n) is 3.90. The Labute approximate surface area is 67.5 Å². The number of hydrogen-bond acceptors (Lipinski definition) is 1. The molecule has 0 spiro atoms. The predicted octanol–water partition coefficient (Wildman–Crippen LogP) is 2.18. The van der Waals surface area contributed by atoms with Crippen molar-refractivity contribution in [2.75, 3.05) is 0 Å². The first-order chi connectivity index (χ1) is 5.30. The Kier molecular flexibility index (Phi) is 1.41. The van der Waals surface area contributed by atoms with Crippen LogP contribution in [0.2, 0.25) is 0 Å². The van der Waals surface area contributed by atoms with Crippen LogP contribution in [0.1, 0.15) is 26.2 Å². The molecular formula is C10H14O. The second-order valence-corrected chi connectivity index (χ2v) is 3.90. The number of allylic oxidation sites excluding steroid dienone is 2. The predicted molar refractivity (Wildman–Crippen MR) is 44.1 cm³/mol. The van der Waals surface area contributed by atoms with Crippen molar-refractivity contribution in [2.45, 2.75) is 26.2 Å². The lowest BCUT2D eigenvalue weighted by molar-refractivity contribution is -0.117. The van der Waals surface area contributed by atoms with E-state index < -0.39 is 0 Å². The fourth-order valence-corrected chi connectivity index (χ4v) is 2.62. The Hall–Kier alpha value is -0.590. The zero-order valence-electron chi connectivity index (χ0n) is 6.92. The minimum absolute atomic E-state index is 0.0272. The molecule has 0 aromatic carbocycles. The van der Waals surface area contributed by atoms with E-state index in [1.54, 1.807) is 0 Å². The highest BCUT2D eigenvalue weighted by Crippen LogP contribution is 2.52. The summed E-state index contributed by atoms with van der Waals surface area (Å²) in [5, 5.41) is 0. The van der Waals surface area contributed by atoms with Gasteiger partial charge in [-0.05, 0) is 31.1 Å². The van der Waals surface area contributed by atoms with Crippen LogP contribution in [0.25, 0.3) is 0 Å². The normalized spacial score (nSPS) is 46.6. The molecule has 0 aromatic heterocycles. The molecule has 0 aromatic rings. The van der Waals surface area contributed by atoms with Crippen molar-refractivity contribution < 1.29 is 4.79 Å². The first-order valence-corrected chi connectivity index (χ1v) is 4.45. The van der Waals surface area contributed by atoms with Crippen LogP contribution in [-0.2, 0) is 4.79 Å². The third kappa shape index (κ3) is 0.800. The number of rotatable bonds is 2. The first-order valence-electron chi connectivity index (χ1n) is 4.45. The maximum Gasteiger partial charge on any atom is 0.126 e. The smallest absolute Gasteiger partial charge is 0.126 e. The summed E-state index contributed by atoms with van der Waals surface area (Å²) in [6.07, 6.45) is 9.07. The summed E-state index contributed by atoms with van der Waals surface area (Å²) in [4.78, 5) is 10.9. The zero-order valence-corrected chi connectivity index (χ0v) is 6.92. The molecule has 1 saturated carbocycles. The first kappa shape index (κ1) is 7.08. The molecule has 2 rings (SSSR count). The standard InChI is InChI=1S/C10H14O/c1-2-10(7-11)6-8-3-4-9(10)5-8/h3-4,7-9H,2,5-6H2,1H3/t8?,9-,10+/m1/s1. The van der Waals surface area contributed by atoms with Gasteiger partial charge in [0.25, 0.3) is 0 Å². The van der Waals surface area contributed by atoms with Crippen LogP contribution >= 0.6 is 0 Å². The Bertz CT molecular complexity index is 207. The molecule has 1 fully saturated rings. The molecule has 60 valence electrons. The van der Waals surface area contributed by atoms with Gasteiger partial charge in [-0.25, -0.2) is 0 Å². The maximum absolute atomic E-state index is 10.9. The Balaban J connectivity index is 2.28. The van der Waals surface area contributed by atoms with Crippen molar-refractivity contribution in [3.63, 3.8) is 0 Å². The number of hydrogen-bond donors (Lipinski definition) is 0. The van der Waals surface area contributed by atoms with Crippen LogP contribution in [-0.4, -0.2) is 6.29 Å². The van der Waals surface area contributed by atoms with Gasteiger partial charge in [0.05, 0.1) is 0 Å². The van der Waals surface area contributed by atoms with Gasteiger partial charge in [-0.2, -0.15) is 0 Å². The van der Waals surface area contributed by atoms with Crippen molar-refractivity contribution >= 4 is 6.29 Å². The Morgan fingerprint density at radius 2 is 2.45 bits per heavy atom. The quantitative estimate of drug-likeness (QED) is 0.435. The number of carbonyl (C=O) groups is 1. The number of carbonyl (C=O) groups excluding carboxylic acids is 1. The molecule has 1 nitrogen and oxygen atoms in total. The van der Waals surface area contributed by atoms with Crippen molar-refractivity contribution in [2.24, 2.45) is 17.3 Å². The lowest BCUT2D eigenvalue weighted by Gasteiger charge is -2.27. The molecule has 0 amide bonds. The van der Waals surface area contributed by atoms with Gasteiger partial charge in [-0.1, -0.05) is 19.1 Å². The fraction of sp³-hybridized carbons (Fsp3) is 0.700. The highest BCUT2D eigenvalue weighted by atomic mass is 16.1. The lowest BCUT2D eigenvalue weighted by atomic mass is 9.75. The highest BCUT2D eigenvalue weighted by Gasteiger charge is 2.46. The van der Waals surface area contributed by atoms with Crippen LogP contribution in [0.15, 0.2) is 12.2 Å². The molecule has 0 heterocycles. The summed E-state index contributed by atoms with van der Waals surface area (Å²) in [5.74, 6) is 1.28. The van der Waals surface area contributed by atoms with Crippen LogP contribution < -0.4 is 0 Å². The topological polar surface area (TPSA) is 17.1 Å². The fourth-order valence-electron chi connectivity index (χ4n) is 2.62. The van der Waals surface area contributed by atoms with Gasteiger partial charge in [0.2, 0.25) is 0 Å². The summed E-state index contributed by atoms with van der Waals surface area (Å²) >= 11 is 0. The SMILES string of the molecule is CC[C@@]1(C=O)CC2C=C[C@@H]1C2. The van der Waals surface area contributed by atoms with E-state index in [2.05, 4.69) is 19.1 Å². The zero-order chi connectivity index (χ0) is 7.90. The van der Waals surface area contributed by atoms with E-state index in [1.165, 1.54) is 12.7 Å². The Morgan fingerprint density at radius 3 is 2.73 bits per heavy atom. The van der Waals surface area contributed by atoms with Gasteiger partial charge >= 0.3 is 0 Å². The van der Waals surface area contributed by atoms with Gasteiger partial charge in [0.1, 0.15) is 6.29 Å². The summed E-state index contributed by atoms with van der Waals surface area (Å²) in [6, 6.07) is 0. The summed E-state index contributed by atoms with van der Waals surface area (Å²) in [5.41, 5.74) is 0.0272. The van der Waals surface area contributed by atoms with Crippen molar-refractivity contribution in [3.8, 4) is 0 Å².